The third-order valence-corrected chi connectivity index (χ3v) is 5.71. The van der Waals surface area contributed by atoms with E-state index in [-0.39, 0.29) is 12.1 Å². The van der Waals surface area contributed by atoms with Crippen LogP contribution in [0.4, 0.5) is 0 Å². The summed E-state index contributed by atoms with van der Waals surface area (Å²) in [5, 5.41) is 3.52. The third kappa shape index (κ3) is 3.72. The van der Waals surface area contributed by atoms with Gasteiger partial charge in [0.1, 0.15) is 11.9 Å². The molecule has 1 atom stereocenters. The fourth-order valence-electron chi connectivity index (χ4n) is 3.86. The van der Waals surface area contributed by atoms with E-state index in [0.29, 0.717) is 6.54 Å². The zero-order valence-electron chi connectivity index (χ0n) is 16.4. The zero-order valence-corrected chi connectivity index (χ0v) is 16.4. The fraction of sp³-hybridized carbons (Fsp3) is 0.435. The first-order valence-electron chi connectivity index (χ1n) is 9.79. The molecule has 27 heavy (non-hydrogen) atoms. The maximum atomic E-state index is 13.0. The average molecular weight is 364 g/mol. The van der Waals surface area contributed by atoms with E-state index in [1.165, 1.54) is 24.0 Å². The van der Waals surface area contributed by atoms with Gasteiger partial charge in [-0.05, 0) is 67.9 Å². The molecule has 0 aromatic heterocycles. The van der Waals surface area contributed by atoms with E-state index < -0.39 is 5.54 Å². The highest BCUT2D eigenvalue weighted by Crippen LogP contribution is 2.40. The van der Waals surface area contributed by atoms with Crippen LogP contribution in [0.15, 0.2) is 48.5 Å². The lowest BCUT2D eigenvalue weighted by atomic mass is 10.1. The molecule has 1 N–H and O–H groups in total. The second kappa shape index (κ2) is 7.01. The topological polar surface area (TPSA) is 41.6 Å². The molecule has 142 valence electrons. The molecule has 1 aliphatic heterocycles. The van der Waals surface area contributed by atoms with Crippen LogP contribution in [-0.4, -0.2) is 30.0 Å². The summed E-state index contributed by atoms with van der Waals surface area (Å²) in [4.78, 5) is 14.9. The normalized spacial score (nSPS) is 21.5. The summed E-state index contributed by atoms with van der Waals surface area (Å²) in [6.45, 7) is 4.62. The summed E-state index contributed by atoms with van der Waals surface area (Å²) in [6.07, 6.45) is 3.37. The Balaban J connectivity index is 1.50. The number of ether oxygens (including phenoxy) is 1. The summed E-state index contributed by atoms with van der Waals surface area (Å²) in [6, 6.07) is 16.9. The molecule has 1 saturated heterocycles. The molecule has 1 heterocycles. The summed E-state index contributed by atoms with van der Waals surface area (Å²) < 4.78 is 5.22. The van der Waals surface area contributed by atoms with Gasteiger partial charge in [-0.25, -0.2) is 0 Å². The van der Waals surface area contributed by atoms with Gasteiger partial charge in [0.15, 0.2) is 0 Å². The average Bonchev–Trinajstić information content (AvgIpc) is 3.49. The van der Waals surface area contributed by atoms with Crippen molar-refractivity contribution < 1.29 is 9.53 Å². The van der Waals surface area contributed by atoms with Gasteiger partial charge in [0.25, 0.3) is 0 Å². The monoisotopic (exact) mass is 364 g/mol. The number of carbonyl (C=O) groups excluding carboxylic acids is 1. The molecule has 0 radical (unpaired) electrons. The minimum atomic E-state index is -0.542. The van der Waals surface area contributed by atoms with E-state index in [2.05, 4.69) is 41.7 Å². The largest absolute Gasteiger partial charge is 0.497 e. The molecule has 4 nitrogen and oxygen atoms in total. The van der Waals surface area contributed by atoms with Crippen LogP contribution < -0.4 is 10.1 Å². The number of nitrogens with one attached hydrogen (secondary N) is 1. The highest BCUT2D eigenvalue weighted by Gasteiger charge is 2.44. The molecule has 2 fully saturated rings. The van der Waals surface area contributed by atoms with Crippen molar-refractivity contribution in [2.75, 3.05) is 13.7 Å². The standard InChI is InChI=1S/C23H28N2O2/c1-23(2)22(26)25(15-14-16-4-12-20(27-3)13-5-16)21(24-23)19-10-8-18(9-11-19)17-6-7-17/h4-5,8-13,17,21,24H,6-7,14-15H2,1-3H3. The van der Waals surface area contributed by atoms with E-state index in [0.717, 1.165) is 23.7 Å². The minimum Gasteiger partial charge on any atom is -0.497 e. The van der Waals surface area contributed by atoms with Crippen LogP contribution in [0.25, 0.3) is 0 Å². The molecule has 1 amide bonds. The Morgan fingerprint density at radius 1 is 1.04 bits per heavy atom. The van der Waals surface area contributed by atoms with Crippen LogP contribution in [0, 0.1) is 0 Å². The zero-order chi connectivity index (χ0) is 19.0. The van der Waals surface area contributed by atoms with E-state index in [1.807, 2.05) is 30.9 Å². The summed E-state index contributed by atoms with van der Waals surface area (Å²) in [7, 11) is 1.67. The molecule has 0 bridgehead atoms. The lowest BCUT2D eigenvalue weighted by Crippen LogP contribution is -2.40. The van der Waals surface area contributed by atoms with Crippen molar-refractivity contribution in [3.63, 3.8) is 0 Å². The van der Waals surface area contributed by atoms with Gasteiger partial charge in [-0.15, -0.1) is 0 Å². The molecule has 2 aliphatic rings. The molecule has 1 saturated carbocycles. The molecular weight excluding hydrogens is 336 g/mol. The summed E-state index contributed by atoms with van der Waals surface area (Å²) in [5.41, 5.74) is 3.25. The predicted molar refractivity (Wildman–Crippen MR) is 107 cm³/mol. The van der Waals surface area contributed by atoms with Gasteiger partial charge in [-0.3, -0.25) is 10.1 Å². The third-order valence-electron chi connectivity index (χ3n) is 5.71. The smallest absolute Gasteiger partial charge is 0.243 e. The highest BCUT2D eigenvalue weighted by molar-refractivity contribution is 5.88. The Kier molecular flexibility index (Phi) is 4.68. The van der Waals surface area contributed by atoms with Crippen LogP contribution in [0.3, 0.4) is 0 Å². The van der Waals surface area contributed by atoms with E-state index >= 15 is 0 Å². The second-order valence-corrected chi connectivity index (χ2v) is 8.21. The van der Waals surface area contributed by atoms with Crippen molar-refractivity contribution >= 4 is 5.91 Å². The number of methoxy groups -OCH3 is 1. The molecule has 4 rings (SSSR count). The van der Waals surface area contributed by atoms with Gasteiger partial charge in [-0.1, -0.05) is 36.4 Å². The van der Waals surface area contributed by atoms with Gasteiger partial charge in [0.2, 0.25) is 5.91 Å². The second-order valence-electron chi connectivity index (χ2n) is 8.21. The van der Waals surface area contributed by atoms with Gasteiger partial charge < -0.3 is 9.64 Å². The van der Waals surface area contributed by atoms with Crippen LogP contribution in [0.2, 0.25) is 0 Å². The quantitative estimate of drug-likeness (QED) is 0.842. The number of amides is 1. The molecule has 1 unspecified atom stereocenters. The number of benzene rings is 2. The first-order chi connectivity index (χ1) is 13.0. The van der Waals surface area contributed by atoms with Crippen LogP contribution in [0.1, 0.15) is 55.5 Å². The van der Waals surface area contributed by atoms with Crippen molar-refractivity contribution in [1.29, 1.82) is 0 Å². The van der Waals surface area contributed by atoms with Crippen molar-refractivity contribution in [1.82, 2.24) is 10.2 Å². The Hall–Kier alpha value is -2.33. The first-order valence-corrected chi connectivity index (χ1v) is 9.79. The molecular formula is C23H28N2O2. The Labute approximate surface area is 161 Å². The first kappa shape index (κ1) is 18.1. The van der Waals surface area contributed by atoms with Crippen molar-refractivity contribution in [2.24, 2.45) is 0 Å². The molecule has 2 aromatic carbocycles. The Bertz CT molecular complexity index is 807. The summed E-state index contributed by atoms with van der Waals surface area (Å²) in [5.74, 6) is 1.76. The lowest BCUT2D eigenvalue weighted by Gasteiger charge is -2.25. The number of nitrogens with zero attached hydrogens (tertiary/aromatic N) is 1. The van der Waals surface area contributed by atoms with Gasteiger partial charge >= 0.3 is 0 Å². The van der Waals surface area contributed by atoms with Gasteiger partial charge in [-0.2, -0.15) is 0 Å². The highest BCUT2D eigenvalue weighted by atomic mass is 16.5. The predicted octanol–water partition coefficient (Wildman–Crippen LogP) is 4.02. The Morgan fingerprint density at radius 2 is 1.67 bits per heavy atom. The number of hydrogen-bond donors (Lipinski definition) is 1. The molecule has 4 heteroatoms. The van der Waals surface area contributed by atoms with Crippen LogP contribution in [-0.2, 0) is 11.2 Å². The minimum absolute atomic E-state index is 0.0704. The lowest BCUT2D eigenvalue weighted by molar-refractivity contribution is -0.132. The maximum absolute atomic E-state index is 13.0. The Morgan fingerprint density at radius 3 is 2.26 bits per heavy atom. The van der Waals surface area contributed by atoms with E-state index in [4.69, 9.17) is 4.74 Å². The summed E-state index contributed by atoms with van der Waals surface area (Å²) >= 11 is 0. The molecule has 1 aliphatic carbocycles. The van der Waals surface area contributed by atoms with Crippen molar-refractivity contribution in [3.8, 4) is 5.75 Å². The number of rotatable bonds is 6. The van der Waals surface area contributed by atoms with Gasteiger partial charge in [0.05, 0.1) is 12.6 Å². The fourth-order valence-corrected chi connectivity index (χ4v) is 3.86. The van der Waals surface area contributed by atoms with Gasteiger partial charge in [0, 0.05) is 6.54 Å². The number of hydrogen-bond acceptors (Lipinski definition) is 3. The van der Waals surface area contributed by atoms with Crippen LogP contribution >= 0.6 is 0 Å². The SMILES string of the molecule is COc1ccc(CCN2C(=O)C(C)(C)NC2c2ccc(C3CC3)cc2)cc1. The van der Waals surface area contributed by atoms with Crippen molar-refractivity contribution in [2.45, 2.75) is 50.7 Å². The van der Waals surface area contributed by atoms with Crippen molar-refractivity contribution in [3.05, 3.63) is 65.2 Å². The van der Waals surface area contributed by atoms with E-state index in [9.17, 15) is 4.79 Å². The molecule has 0 spiro atoms. The van der Waals surface area contributed by atoms with E-state index in [1.54, 1.807) is 7.11 Å². The van der Waals surface area contributed by atoms with Crippen LogP contribution in [0.5, 0.6) is 5.75 Å². The maximum Gasteiger partial charge on any atom is 0.243 e. The molecule has 2 aromatic rings. The number of carbonyl (C=O) groups is 1.